The number of H-pyrrole nitrogens is 1. The second kappa shape index (κ2) is 6.62. The number of hydrogen-bond acceptors (Lipinski definition) is 3. The van der Waals surface area contributed by atoms with Gasteiger partial charge >= 0.3 is 5.97 Å². The number of carboxylic acids is 1. The third-order valence-corrected chi connectivity index (χ3v) is 3.51. The first-order valence-corrected chi connectivity index (χ1v) is 7.15. The highest BCUT2D eigenvalue weighted by Gasteiger charge is 2.14. The van der Waals surface area contributed by atoms with E-state index in [9.17, 15) is 9.59 Å². The van der Waals surface area contributed by atoms with Gasteiger partial charge in [-0.15, -0.1) is 0 Å². The number of carboxylic acid groups (broad SMARTS) is 1. The molecule has 0 aliphatic carbocycles. The molecule has 6 nitrogen and oxygen atoms in total. The molecular weight excluding hydrogens is 306 g/mol. The Labute approximate surface area is 132 Å². The molecule has 0 aliphatic rings. The number of aromatic nitrogens is 2. The number of benzene rings is 1. The second-order valence-electron chi connectivity index (χ2n) is 4.81. The number of halogens is 1. The lowest BCUT2D eigenvalue weighted by Gasteiger charge is -2.01. The Kier molecular flexibility index (Phi) is 4.82. The number of aryl methyl sites for hydroxylation is 1. The monoisotopic (exact) mass is 321 g/mol. The van der Waals surface area contributed by atoms with Crippen LogP contribution in [0.15, 0.2) is 34.1 Å². The Morgan fingerprint density at radius 2 is 2.09 bits per heavy atom. The minimum Gasteiger partial charge on any atom is -0.480 e. The molecule has 2 N–H and O–H groups in total. The van der Waals surface area contributed by atoms with E-state index in [1.54, 1.807) is 38.1 Å². The van der Waals surface area contributed by atoms with E-state index in [1.807, 2.05) is 0 Å². The summed E-state index contributed by atoms with van der Waals surface area (Å²) in [5, 5.41) is 12.5. The summed E-state index contributed by atoms with van der Waals surface area (Å²) in [4.78, 5) is 27.3. The van der Waals surface area contributed by atoms with Crippen LogP contribution in [0.3, 0.4) is 0 Å². The van der Waals surface area contributed by atoms with Gasteiger partial charge in [0, 0.05) is 16.9 Å². The summed E-state index contributed by atoms with van der Waals surface area (Å²) in [5.41, 5.74) is 1.31. The summed E-state index contributed by atoms with van der Waals surface area (Å²) in [6.45, 7) is 3.46. The molecule has 1 atom stereocenters. The van der Waals surface area contributed by atoms with E-state index < -0.39 is 12.0 Å². The maximum Gasteiger partial charge on any atom is 0.328 e. The first-order valence-electron chi connectivity index (χ1n) is 6.77. The quantitative estimate of drug-likeness (QED) is 0.829. The van der Waals surface area contributed by atoms with Crippen molar-refractivity contribution in [1.29, 1.82) is 0 Å². The van der Waals surface area contributed by atoms with Crippen molar-refractivity contribution < 1.29 is 9.90 Å². The molecule has 2 rings (SSSR count). The van der Waals surface area contributed by atoms with E-state index in [-0.39, 0.29) is 5.56 Å². The number of aliphatic imine (C=N–C) groups is 1. The number of aromatic amines is 1. The van der Waals surface area contributed by atoms with Gasteiger partial charge in [0.25, 0.3) is 5.56 Å². The smallest absolute Gasteiger partial charge is 0.328 e. The molecule has 0 bridgehead atoms. The van der Waals surface area contributed by atoms with Crippen LogP contribution in [0.4, 0.5) is 0 Å². The molecule has 0 aliphatic heterocycles. The first-order chi connectivity index (χ1) is 10.4. The molecule has 1 unspecified atom stereocenters. The summed E-state index contributed by atoms with van der Waals surface area (Å²) < 4.78 is 1.37. The largest absolute Gasteiger partial charge is 0.480 e. The number of nitrogens with one attached hydrogen (secondary N) is 1. The van der Waals surface area contributed by atoms with E-state index in [0.717, 1.165) is 0 Å². The predicted octanol–water partition coefficient (Wildman–Crippen LogP) is 2.41. The van der Waals surface area contributed by atoms with Crippen LogP contribution in [-0.2, 0) is 4.79 Å². The fourth-order valence-corrected chi connectivity index (χ4v) is 2.12. The van der Waals surface area contributed by atoms with Gasteiger partial charge in [0.1, 0.15) is 6.04 Å². The fourth-order valence-electron chi connectivity index (χ4n) is 1.99. The molecule has 1 heterocycles. The van der Waals surface area contributed by atoms with Crippen LogP contribution >= 0.6 is 11.6 Å². The molecule has 0 saturated heterocycles. The van der Waals surface area contributed by atoms with Crippen molar-refractivity contribution in [3.8, 4) is 5.69 Å². The van der Waals surface area contributed by atoms with Crippen molar-refractivity contribution in [3.63, 3.8) is 0 Å². The van der Waals surface area contributed by atoms with Crippen molar-refractivity contribution in [3.05, 3.63) is 50.9 Å². The number of rotatable bonds is 5. The van der Waals surface area contributed by atoms with Gasteiger partial charge in [0.05, 0.1) is 11.3 Å². The highest BCUT2D eigenvalue weighted by atomic mass is 35.5. The summed E-state index contributed by atoms with van der Waals surface area (Å²) in [7, 11) is 0. The number of nitrogens with zero attached hydrogens (tertiary/aromatic N) is 2. The minimum absolute atomic E-state index is 0.288. The van der Waals surface area contributed by atoms with Crippen LogP contribution in [0.2, 0.25) is 5.02 Å². The highest BCUT2D eigenvalue weighted by Crippen LogP contribution is 2.12. The van der Waals surface area contributed by atoms with Gasteiger partial charge in [0.2, 0.25) is 0 Å². The van der Waals surface area contributed by atoms with Crippen LogP contribution in [0.25, 0.3) is 5.69 Å². The molecule has 0 fully saturated rings. The van der Waals surface area contributed by atoms with Crippen molar-refractivity contribution in [2.75, 3.05) is 0 Å². The van der Waals surface area contributed by atoms with Crippen LogP contribution in [-0.4, -0.2) is 33.1 Å². The Bertz CT molecular complexity index is 759. The predicted molar refractivity (Wildman–Crippen MR) is 85.4 cm³/mol. The zero-order chi connectivity index (χ0) is 16.3. The molecular formula is C15H16ClN3O3. The summed E-state index contributed by atoms with van der Waals surface area (Å²) in [6.07, 6.45) is 1.68. The standard InChI is InChI=1S/C15H16ClN3O3/c1-3-13(15(21)22)17-8-12-9(2)18-19(14(12)20)11-6-4-10(16)5-7-11/h4-8,13,18H,3H2,1-2H3,(H,21,22). The molecule has 7 heteroatoms. The van der Waals surface area contributed by atoms with E-state index >= 15 is 0 Å². The molecule has 0 saturated carbocycles. The number of hydrogen-bond donors (Lipinski definition) is 2. The van der Waals surface area contributed by atoms with Crippen LogP contribution in [0.1, 0.15) is 24.6 Å². The Hall–Kier alpha value is -2.34. The summed E-state index contributed by atoms with van der Waals surface area (Å²) in [6, 6.07) is 5.95. The molecule has 116 valence electrons. The zero-order valence-electron chi connectivity index (χ0n) is 12.2. The third-order valence-electron chi connectivity index (χ3n) is 3.26. The van der Waals surface area contributed by atoms with Gasteiger partial charge < -0.3 is 5.11 Å². The fraction of sp³-hybridized carbons (Fsp3) is 0.267. The van der Waals surface area contributed by atoms with Gasteiger partial charge in [0.15, 0.2) is 0 Å². The maximum atomic E-state index is 12.4. The number of aliphatic carboxylic acids is 1. The molecule has 1 aromatic carbocycles. The van der Waals surface area contributed by atoms with Gasteiger partial charge in [-0.05, 0) is 37.6 Å². The third kappa shape index (κ3) is 3.28. The van der Waals surface area contributed by atoms with Crippen molar-refractivity contribution >= 4 is 23.8 Å². The van der Waals surface area contributed by atoms with Crippen molar-refractivity contribution in [1.82, 2.24) is 9.78 Å². The SMILES string of the molecule is CCC(N=Cc1c(C)[nH]n(-c2ccc(Cl)cc2)c1=O)C(=O)O. The number of carbonyl (C=O) groups is 1. The van der Waals surface area contributed by atoms with Crippen LogP contribution in [0.5, 0.6) is 0 Å². The molecule has 22 heavy (non-hydrogen) atoms. The zero-order valence-corrected chi connectivity index (χ0v) is 13.0. The molecule has 0 radical (unpaired) electrons. The molecule has 2 aromatic rings. The Morgan fingerprint density at radius 3 is 2.64 bits per heavy atom. The second-order valence-corrected chi connectivity index (χ2v) is 5.24. The minimum atomic E-state index is -1.01. The van der Waals surface area contributed by atoms with E-state index in [1.165, 1.54) is 10.9 Å². The van der Waals surface area contributed by atoms with E-state index in [4.69, 9.17) is 16.7 Å². The van der Waals surface area contributed by atoms with Crippen LogP contribution < -0.4 is 5.56 Å². The lowest BCUT2D eigenvalue weighted by molar-refractivity contribution is -0.138. The topological polar surface area (TPSA) is 87.5 Å². The van der Waals surface area contributed by atoms with Crippen LogP contribution in [0, 0.1) is 6.92 Å². The van der Waals surface area contributed by atoms with Gasteiger partial charge in [-0.1, -0.05) is 18.5 Å². The Morgan fingerprint density at radius 1 is 1.45 bits per heavy atom. The van der Waals surface area contributed by atoms with Crippen molar-refractivity contribution in [2.45, 2.75) is 26.3 Å². The molecule has 0 spiro atoms. The van der Waals surface area contributed by atoms with Gasteiger partial charge in [-0.2, -0.15) is 0 Å². The maximum absolute atomic E-state index is 12.4. The normalized spacial score (nSPS) is 12.7. The average molecular weight is 322 g/mol. The molecule has 0 amide bonds. The van der Waals surface area contributed by atoms with E-state index in [0.29, 0.717) is 28.4 Å². The molecule has 1 aromatic heterocycles. The van der Waals surface area contributed by atoms with E-state index in [2.05, 4.69) is 10.1 Å². The summed E-state index contributed by atoms with van der Waals surface area (Å²) >= 11 is 5.83. The lowest BCUT2D eigenvalue weighted by atomic mass is 10.2. The van der Waals surface area contributed by atoms with Gasteiger partial charge in [-0.25, -0.2) is 9.48 Å². The summed E-state index contributed by atoms with van der Waals surface area (Å²) in [5.74, 6) is -1.01. The van der Waals surface area contributed by atoms with Gasteiger partial charge in [-0.3, -0.25) is 14.9 Å². The Balaban J connectivity index is 2.39. The lowest BCUT2D eigenvalue weighted by Crippen LogP contribution is -2.19. The van der Waals surface area contributed by atoms with Crippen molar-refractivity contribution in [2.24, 2.45) is 4.99 Å². The first kappa shape index (κ1) is 16.0. The average Bonchev–Trinajstić information content (AvgIpc) is 2.76. The highest BCUT2D eigenvalue weighted by molar-refractivity contribution is 6.30.